The summed E-state index contributed by atoms with van der Waals surface area (Å²) in [5, 5.41) is 4.45. The molecule has 5 heteroatoms. The van der Waals surface area contributed by atoms with Crippen molar-refractivity contribution in [3.8, 4) is 0 Å². The van der Waals surface area contributed by atoms with Gasteiger partial charge in [0, 0.05) is 15.5 Å². The van der Waals surface area contributed by atoms with E-state index in [0.717, 1.165) is 39.5 Å². The Balaban J connectivity index is 1.70. The summed E-state index contributed by atoms with van der Waals surface area (Å²) in [5.41, 5.74) is 4.02. The van der Waals surface area contributed by atoms with Crippen molar-refractivity contribution in [2.75, 3.05) is 5.32 Å². The number of anilines is 2. The van der Waals surface area contributed by atoms with Crippen LogP contribution in [0, 0.1) is 6.92 Å². The van der Waals surface area contributed by atoms with Crippen molar-refractivity contribution >= 4 is 34.3 Å². The number of fused-ring (bicyclic) bond motifs is 1. The summed E-state index contributed by atoms with van der Waals surface area (Å²) in [7, 11) is 0. The number of hydrogen-bond acceptors (Lipinski definition) is 5. The maximum atomic E-state index is 4.76. The van der Waals surface area contributed by atoms with Crippen molar-refractivity contribution in [3.63, 3.8) is 0 Å². The van der Waals surface area contributed by atoms with Crippen LogP contribution in [-0.4, -0.2) is 15.0 Å². The summed E-state index contributed by atoms with van der Waals surface area (Å²) < 4.78 is 0. The van der Waals surface area contributed by atoms with E-state index in [1.807, 2.05) is 6.07 Å². The zero-order valence-corrected chi connectivity index (χ0v) is 17.7. The summed E-state index contributed by atoms with van der Waals surface area (Å²) in [5.74, 6) is 1.19. The Morgan fingerprint density at radius 1 is 1.00 bits per heavy atom. The van der Waals surface area contributed by atoms with E-state index in [2.05, 4.69) is 90.7 Å². The SMILES string of the molecule is CCC(C)c1ccc2c(Nc3cc(C)ccc3Sc3ccccc3)ncnc2n1. The minimum Gasteiger partial charge on any atom is -0.339 e. The minimum absolute atomic E-state index is 0.413. The topological polar surface area (TPSA) is 50.7 Å². The first kappa shape index (κ1) is 19.4. The first-order chi connectivity index (χ1) is 14.1. The lowest BCUT2D eigenvalue weighted by molar-refractivity contribution is 0.711. The second-order valence-electron chi connectivity index (χ2n) is 7.18. The number of rotatable bonds is 6. The molecule has 2 aromatic carbocycles. The van der Waals surface area contributed by atoms with Crippen molar-refractivity contribution in [3.05, 3.63) is 78.2 Å². The van der Waals surface area contributed by atoms with E-state index < -0.39 is 0 Å². The van der Waals surface area contributed by atoms with Gasteiger partial charge in [-0.15, -0.1) is 0 Å². The lowest BCUT2D eigenvalue weighted by Crippen LogP contribution is -2.01. The molecule has 2 heterocycles. The average molecular weight is 401 g/mol. The van der Waals surface area contributed by atoms with Crippen LogP contribution >= 0.6 is 11.8 Å². The van der Waals surface area contributed by atoms with Gasteiger partial charge in [-0.05, 0) is 61.2 Å². The third-order valence-electron chi connectivity index (χ3n) is 5.00. The molecule has 0 amide bonds. The summed E-state index contributed by atoms with van der Waals surface area (Å²) in [4.78, 5) is 16.0. The zero-order valence-electron chi connectivity index (χ0n) is 16.9. The van der Waals surface area contributed by atoms with Gasteiger partial charge in [-0.1, -0.05) is 49.9 Å². The molecule has 146 valence electrons. The lowest BCUT2D eigenvalue weighted by atomic mass is 10.0. The second kappa shape index (κ2) is 8.62. The van der Waals surface area contributed by atoms with Crippen molar-refractivity contribution in [1.29, 1.82) is 0 Å². The van der Waals surface area contributed by atoms with Gasteiger partial charge in [-0.2, -0.15) is 0 Å². The van der Waals surface area contributed by atoms with Crippen LogP contribution in [0.3, 0.4) is 0 Å². The third kappa shape index (κ3) is 4.40. The Bertz CT molecular complexity index is 1130. The van der Waals surface area contributed by atoms with Crippen LogP contribution in [0.4, 0.5) is 11.5 Å². The van der Waals surface area contributed by atoms with Gasteiger partial charge in [0.25, 0.3) is 0 Å². The molecule has 0 fully saturated rings. The predicted octanol–water partition coefficient (Wildman–Crippen LogP) is 6.74. The van der Waals surface area contributed by atoms with E-state index in [1.54, 1.807) is 18.1 Å². The highest BCUT2D eigenvalue weighted by atomic mass is 32.2. The first-order valence-corrected chi connectivity index (χ1v) is 10.7. The molecular weight excluding hydrogens is 376 g/mol. The standard InChI is InChI=1S/C24H24N4S/c1-4-17(3)20-12-11-19-23(27-20)25-15-26-24(19)28-21-14-16(2)10-13-22(21)29-18-8-6-5-7-9-18/h5-15,17H,4H2,1-3H3,(H,25,26,27,28). The number of nitrogens with zero attached hydrogens (tertiary/aromatic N) is 3. The van der Waals surface area contributed by atoms with Gasteiger partial charge in [0.15, 0.2) is 5.65 Å². The smallest absolute Gasteiger partial charge is 0.164 e. The highest BCUT2D eigenvalue weighted by molar-refractivity contribution is 7.99. The number of benzene rings is 2. The third-order valence-corrected chi connectivity index (χ3v) is 6.08. The van der Waals surface area contributed by atoms with Gasteiger partial charge in [0.1, 0.15) is 12.1 Å². The molecule has 2 aromatic heterocycles. The number of aromatic nitrogens is 3. The molecule has 0 aliphatic carbocycles. The fourth-order valence-electron chi connectivity index (χ4n) is 3.11. The Morgan fingerprint density at radius 2 is 1.83 bits per heavy atom. The molecule has 0 saturated heterocycles. The van der Waals surface area contributed by atoms with Crippen molar-refractivity contribution in [2.24, 2.45) is 0 Å². The normalized spacial score (nSPS) is 12.1. The Labute approximate surface area is 175 Å². The Hall–Kier alpha value is -2.92. The summed E-state index contributed by atoms with van der Waals surface area (Å²) in [6, 6.07) is 21.0. The highest BCUT2D eigenvalue weighted by Gasteiger charge is 2.12. The molecular formula is C24H24N4S. The summed E-state index contributed by atoms with van der Waals surface area (Å²) in [6.07, 6.45) is 2.63. The van der Waals surface area contributed by atoms with Gasteiger partial charge < -0.3 is 5.32 Å². The maximum absolute atomic E-state index is 4.76. The summed E-state index contributed by atoms with van der Waals surface area (Å²) in [6.45, 7) is 6.46. The van der Waals surface area contributed by atoms with Crippen LogP contribution in [0.25, 0.3) is 11.0 Å². The molecule has 0 aliphatic rings. The molecule has 0 radical (unpaired) electrons. The van der Waals surface area contributed by atoms with Gasteiger partial charge in [-0.25, -0.2) is 15.0 Å². The van der Waals surface area contributed by atoms with Crippen molar-refractivity contribution in [2.45, 2.75) is 42.9 Å². The quantitative estimate of drug-likeness (QED) is 0.388. The fraction of sp³-hybridized carbons (Fsp3) is 0.208. The molecule has 1 N–H and O–H groups in total. The molecule has 1 atom stereocenters. The van der Waals surface area contributed by atoms with Gasteiger partial charge >= 0.3 is 0 Å². The molecule has 0 aliphatic heterocycles. The van der Waals surface area contributed by atoms with E-state index in [9.17, 15) is 0 Å². The van der Waals surface area contributed by atoms with Crippen LogP contribution < -0.4 is 5.32 Å². The summed E-state index contributed by atoms with van der Waals surface area (Å²) >= 11 is 1.74. The predicted molar refractivity (Wildman–Crippen MR) is 121 cm³/mol. The maximum Gasteiger partial charge on any atom is 0.164 e. The largest absolute Gasteiger partial charge is 0.339 e. The van der Waals surface area contributed by atoms with E-state index in [4.69, 9.17) is 4.98 Å². The molecule has 4 rings (SSSR count). The van der Waals surface area contributed by atoms with Crippen LogP contribution in [0.1, 0.15) is 37.4 Å². The van der Waals surface area contributed by atoms with Crippen LogP contribution in [0.15, 0.2) is 76.8 Å². The number of hydrogen-bond donors (Lipinski definition) is 1. The average Bonchev–Trinajstić information content (AvgIpc) is 2.75. The minimum atomic E-state index is 0.413. The Morgan fingerprint density at radius 3 is 2.62 bits per heavy atom. The molecule has 29 heavy (non-hydrogen) atoms. The van der Waals surface area contributed by atoms with E-state index in [0.29, 0.717) is 5.92 Å². The van der Waals surface area contributed by atoms with Crippen molar-refractivity contribution < 1.29 is 0 Å². The second-order valence-corrected chi connectivity index (χ2v) is 8.29. The molecule has 0 spiro atoms. The molecule has 1 unspecified atom stereocenters. The van der Waals surface area contributed by atoms with E-state index in [-0.39, 0.29) is 0 Å². The van der Waals surface area contributed by atoms with Gasteiger partial charge in [0.2, 0.25) is 0 Å². The zero-order chi connectivity index (χ0) is 20.2. The van der Waals surface area contributed by atoms with Crippen LogP contribution in [-0.2, 0) is 0 Å². The van der Waals surface area contributed by atoms with E-state index >= 15 is 0 Å². The number of nitrogens with one attached hydrogen (secondary N) is 1. The first-order valence-electron chi connectivity index (χ1n) is 9.86. The molecule has 4 aromatic rings. The molecule has 4 nitrogen and oxygen atoms in total. The molecule has 0 saturated carbocycles. The van der Waals surface area contributed by atoms with E-state index in [1.165, 1.54) is 10.5 Å². The Kier molecular flexibility index (Phi) is 5.76. The number of pyridine rings is 1. The fourth-order valence-corrected chi connectivity index (χ4v) is 4.02. The highest BCUT2D eigenvalue weighted by Crippen LogP contribution is 2.36. The van der Waals surface area contributed by atoms with Crippen molar-refractivity contribution in [1.82, 2.24) is 15.0 Å². The monoisotopic (exact) mass is 400 g/mol. The van der Waals surface area contributed by atoms with Gasteiger partial charge in [-0.3, -0.25) is 0 Å². The molecule has 0 bridgehead atoms. The van der Waals surface area contributed by atoms with Crippen LogP contribution in [0.5, 0.6) is 0 Å². The lowest BCUT2D eigenvalue weighted by Gasteiger charge is -2.14. The number of aryl methyl sites for hydroxylation is 1. The van der Waals surface area contributed by atoms with Crippen LogP contribution in [0.2, 0.25) is 0 Å². The van der Waals surface area contributed by atoms with Gasteiger partial charge in [0.05, 0.1) is 11.1 Å².